The fraction of sp³-hybridized carbons (Fsp3) is 0.846. The van der Waals surface area contributed by atoms with Gasteiger partial charge in [-0.25, -0.2) is 0 Å². The molecule has 0 unspecified atom stereocenters. The Morgan fingerprint density at radius 3 is 2.58 bits per heavy atom. The summed E-state index contributed by atoms with van der Waals surface area (Å²) in [6.07, 6.45) is 3.01. The van der Waals surface area contributed by atoms with E-state index in [2.05, 4.69) is 5.32 Å². The number of ether oxygens (including phenoxy) is 1. The molecule has 0 radical (unpaired) electrons. The van der Waals surface area contributed by atoms with E-state index in [1.54, 1.807) is 26.1 Å². The zero-order chi connectivity index (χ0) is 14.3. The standard InChI is InChI=1S/C13H25N3O3/c1-15(2)12(17)10-16(8-9-19-3)13(18)11-6-4-5-7-14-11/h11,14H,4-10H2,1-3H3/t11-/m0/s1. The first-order valence-electron chi connectivity index (χ1n) is 6.77. The van der Waals surface area contributed by atoms with Gasteiger partial charge in [0.1, 0.15) is 0 Å². The molecule has 19 heavy (non-hydrogen) atoms. The number of piperidine rings is 1. The zero-order valence-corrected chi connectivity index (χ0v) is 12.1. The van der Waals surface area contributed by atoms with Gasteiger partial charge in [-0.15, -0.1) is 0 Å². The van der Waals surface area contributed by atoms with Crippen LogP contribution >= 0.6 is 0 Å². The largest absolute Gasteiger partial charge is 0.383 e. The van der Waals surface area contributed by atoms with Gasteiger partial charge in [0.25, 0.3) is 0 Å². The van der Waals surface area contributed by atoms with Gasteiger partial charge in [0.05, 0.1) is 19.2 Å². The summed E-state index contributed by atoms with van der Waals surface area (Å²) in [5.41, 5.74) is 0. The Balaban J connectivity index is 2.60. The van der Waals surface area contributed by atoms with Crippen LogP contribution in [0.25, 0.3) is 0 Å². The van der Waals surface area contributed by atoms with Crippen LogP contribution < -0.4 is 5.32 Å². The van der Waals surface area contributed by atoms with E-state index < -0.39 is 0 Å². The van der Waals surface area contributed by atoms with Gasteiger partial charge < -0.3 is 19.9 Å². The van der Waals surface area contributed by atoms with Crippen LogP contribution in [0.2, 0.25) is 0 Å². The van der Waals surface area contributed by atoms with E-state index in [-0.39, 0.29) is 24.4 Å². The van der Waals surface area contributed by atoms with Gasteiger partial charge in [0, 0.05) is 27.7 Å². The summed E-state index contributed by atoms with van der Waals surface area (Å²) in [6.45, 7) is 1.88. The highest BCUT2D eigenvalue weighted by Crippen LogP contribution is 2.10. The van der Waals surface area contributed by atoms with Crippen LogP contribution in [0, 0.1) is 0 Å². The van der Waals surface area contributed by atoms with Crippen molar-refractivity contribution in [2.45, 2.75) is 25.3 Å². The van der Waals surface area contributed by atoms with E-state index in [1.807, 2.05) is 0 Å². The minimum absolute atomic E-state index is 0.00644. The Bertz CT molecular complexity index is 302. The maximum Gasteiger partial charge on any atom is 0.241 e. The fourth-order valence-electron chi connectivity index (χ4n) is 2.06. The Morgan fingerprint density at radius 2 is 2.05 bits per heavy atom. The lowest BCUT2D eigenvalue weighted by Gasteiger charge is -2.30. The second kappa shape index (κ2) is 8.12. The second-order valence-electron chi connectivity index (χ2n) is 5.04. The van der Waals surface area contributed by atoms with Crippen molar-refractivity contribution in [3.05, 3.63) is 0 Å². The lowest BCUT2D eigenvalue weighted by atomic mass is 10.0. The van der Waals surface area contributed by atoms with Gasteiger partial charge in [-0.2, -0.15) is 0 Å². The normalized spacial score (nSPS) is 19.0. The predicted molar refractivity (Wildman–Crippen MR) is 72.8 cm³/mol. The first-order chi connectivity index (χ1) is 9.06. The average molecular weight is 271 g/mol. The molecular formula is C13H25N3O3. The number of amides is 2. The molecule has 2 amide bonds. The molecule has 0 aromatic rings. The Labute approximate surface area is 115 Å². The molecule has 1 N–H and O–H groups in total. The Morgan fingerprint density at radius 1 is 1.32 bits per heavy atom. The molecule has 6 nitrogen and oxygen atoms in total. The number of nitrogens with zero attached hydrogens (tertiary/aromatic N) is 2. The van der Waals surface area contributed by atoms with E-state index in [0.717, 1.165) is 25.8 Å². The van der Waals surface area contributed by atoms with E-state index in [9.17, 15) is 9.59 Å². The van der Waals surface area contributed by atoms with Gasteiger partial charge in [0.15, 0.2) is 0 Å². The number of rotatable bonds is 6. The molecule has 0 spiro atoms. The Kier molecular flexibility index (Phi) is 6.80. The predicted octanol–water partition coefficient (Wildman–Crippen LogP) is -0.308. The molecule has 6 heteroatoms. The van der Waals surface area contributed by atoms with Crippen LogP contribution in [-0.2, 0) is 14.3 Å². The summed E-state index contributed by atoms with van der Waals surface area (Å²) >= 11 is 0. The first kappa shape index (κ1) is 15.9. The molecule has 1 rings (SSSR count). The molecule has 1 heterocycles. The minimum Gasteiger partial charge on any atom is -0.383 e. The van der Waals surface area contributed by atoms with Crippen molar-refractivity contribution in [3.8, 4) is 0 Å². The molecule has 0 saturated carbocycles. The van der Waals surface area contributed by atoms with Crippen molar-refractivity contribution in [3.63, 3.8) is 0 Å². The number of hydrogen-bond donors (Lipinski definition) is 1. The quantitative estimate of drug-likeness (QED) is 0.720. The lowest BCUT2D eigenvalue weighted by molar-refractivity contribution is -0.141. The topological polar surface area (TPSA) is 61.9 Å². The van der Waals surface area contributed by atoms with Crippen molar-refractivity contribution < 1.29 is 14.3 Å². The number of carbonyl (C=O) groups is 2. The van der Waals surface area contributed by atoms with Crippen molar-refractivity contribution in [1.29, 1.82) is 0 Å². The van der Waals surface area contributed by atoms with Crippen LogP contribution in [0.15, 0.2) is 0 Å². The summed E-state index contributed by atoms with van der Waals surface area (Å²) in [6, 6.07) is -0.152. The van der Waals surface area contributed by atoms with Crippen LogP contribution in [-0.4, -0.2) is 75.1 Å². The Hall–Kier alpha value is -1.14. The molecular weight excluding hydrogens is 246 g/mol. The van der Waals surface area contributed by atoms with Crippen molar-refractivity contribution >= 4 is 11.8 Å². The summed E-state index contributed by atoms with van der Waals surface area (Å²) < 4.78 is 5.01. The number of likely N-dealkylation sites (N-methyl/N-ethyl adjacent to an activating group) is 1. The molecule has 0 aromatic heterocycles. The smallest absolute Gasteiger partial charge is 0.241 e. The highest BCUT2D eigenvalue weighted by Gasteiger charge is 2.27. The van der Waals surface area contributed by atoms with Gasteiger partial charge in [-0.05, 0) is 19.4 Å². The summed E-state index contributed by atoms with van der Waals surface area (Å²) in [4.78, 5) is 27.3. The number of nitrogens with one attached hydrogen (secondary N) is 1. The molecule has 110 valence electrons. The van der Waals surface area contributed by atoms with Crippen molar-refractivity contribution in [2.75, 3.05) is 47.4 Å². The summed E-state index contributed by atoms with van der Waals surface area (Å²) in [5, 5.41) is 3.22. The molecule has 1 fully saturated rings. The average Bonchev–Trinajstić information content (AvgIpc) is 2.43. The van der Waals surface area contributed by atoms with Crippen molar-refractivity contribution in [1.82, 2.24) is 15.1 Å². The molecule has 1 aliphatic heterocycles. The third-order valence-electron chi connectivity index (χ3n) is 3.31. The highest BCUT2D eigenvalue weighted by atomic mass is 16.5. The summed E-state index contributed by atoms with van der Waals surface area (Å²) in [7, 11) is 4.98. The fourth-order valence-corrected chi connectivity index (χ4v) is 2.06. The van der Waals surface area contributed by atoms with E-state index in [4.69, 9.17) is 4.74 Å². The third kappa shape index (κ3) is 5.16. The molecule has 0 aliphatic carbocycles. The van der Waals surface area contributed by atoms with Crippen LogP contribution in [0.1, 0.15) is 19.3 Å². The van der Waals surface area contributed by atoms with Crippen LogP contribution in [0.4, 0.5) is 0 Å². The van der Waals surface area contributed by atoms with E-state index >= 15 is 0 Å². The van der Waals surface area contributed by atoms with E-state index in [1.165, 1.54) is 4.90 Å². The SMILES string of the molecule is COCCN(CC(=O)N(C)C)C(=O)[C@@H]1CCCCN1. The highest BCUT2D eigenvalue weighted by molar-refractivity contribution is 5.87. The molecule has 1 saturated heterocycles. The maximum atomic E-state index is 12.4. The summed E-state index contributed by atoms with van der Waals surface area (Å²) in [5.74, 6) is -0.0628. The maximum absolute atomic E-state index is 12.4. The van der Waals surface area contributed by atoms with Crippen molar-refractivity contribution in [2.24, 2.45) is 0 Å². The molecule has 1 atom stereocenters. The van der Waals surface area contributed by atoms with Crippen LogP contribution in [0.5, 0.6) is 0 Å². The molecule has 0 aromatic carbocycles. The number of carbonyl (C=O) groups excluding carboxylic acids is 2. The number of methoxy groups -OCH3 is 1. The van der Waals surface area contributed by atoms with Gasteiger partial charge >= 0.3 is 0 Å². The minimum atomic E-state index is -0.152. The van der Waals surface area contributed by atoms with E-state index in [0.29, 0.717) is 13.2 Å². The van der Waals surface area contributed by atoms with Crippen LogP contribution in [0.3, 0.4) is 0 Å². The zero-order valence-electron chi connectivity index (χ0n) is 12.1. The lowest BCUT2D eigenvalue weighted by Crippen LogP contribution is -2.51. The molecule has 1 aliphatic rings. The monoisotopic (exact) mass is 271 g/mol. The number of hydrogen-bond acceptors (Lipinski definition) is 4. The van der Waals surface area contributed by atoms with Gasteiger partial charge in [-0.1, -0.05) is 6.42 Å². The second-order valence-corrected chi connectivity index (χ2v) is 5.04. The first-order valence-corrected chi connectivity index (χ1v) is 6.77. The van der Waals surface area contributed by atoms with Gasteiger partial charge in [0.2, 0.25) is 11.8 Å². The third-order valence-corrected chi connectivity index (χ3v) is 3.31. The van der Waals surface area contributed by atoms with Gasteiger partial charge in [-0.3, -0.25) is 9.59 Å². The molecule has 0 bridgehead atoms.